The second-order valence-corrected chi connectivity index (χ2v) is 5.56. The number of benzene rings is 1. The Kier molecular flexibility index (Phi) is 7.65. The van der Waals surface area contributed by atoms with Gasteiger partial charge >= 0.3 is 6.03 Å². The Morgan fingerprint density at radius 2 is 1.90 bits per heavy atom. The fourth-order valence-electron chi connectivity index (χ4n) is 2.10. The molecular formula is C17H28N2O2. The molecule has 118 valence electrons. The number of amides is 2. The molecule has 0 saturated heterocycles. The van der Waals surface area contributed by atoms with Crippen LogP contribution >= 0.6 is 0 Å². The fraction of sp³-hybridized carbons (Fsp3) is 0.588. The van der Waals surface area contributed by atoms with E-state index >= 15 is 0 Å². The van der Waals surface area contributed by atoms with Gasteiger partial charge in [-0.25, -0.2) is 4.79 Å². The van der Waals surface area contributed by atoms with Crippen molar-refractivity contribution in [2.24, 2.45) is 0 Å². The molecule has 1 aromatic carbocycles. The monoisotopic (exact) mass is 292 g/mol. The quantitative estimate of drug-likeness (QED) is 0.561. The largest absolute Gasteiger partial charge is 0.471 e. The zero-order chi connectivity index (χ0) is 15.7. The number of carbonyl (C=O) groups is 1. The number of nitrogens with one attached hydrogen (secondary N) is 2. The molecule has 1 rings (SSSR count). The lowest BCUT2D eigenvalue weighted by Gasteiger charge is -2.20. The van der Waals surface area contributed by atoms with Gasteiger partial charge in [0.15, 0.2) is 6.23 Å². The molecule has 0 spiro atoms. The summed E-state index contributed by atoms with van der Waals surface area (Å²) in [5.41, 5.74) is 1.15. The Morgan fingerprint density at radius 1 is 1.19 bits per heavy atom. The van der Waals surface area contributed by atoms with Gasteiger partial charge in [-0.3, -0.25) is 0 Å². The van der Waals surface area contributed by atoms with Crippen molar-refractivity contribution in [2.75, 3.05) is 6.54 Å². The Labute approximate surface area is 128 Å². The van der Waals surface area contributed by atoms with Gasteiger partial charge in [0, 0.05) is 6.54 Å². The first kappa shape index (κ1) is 17.3. The molecule has 1 unspecified atom stereocenters. The average Bonchev–Trinajstić information content (AvgIpc) is 2.43. The van der Waals surface area contributed by atoms with Crippen molar-refractivity contribution in [2.45, 2.75) is 59.1 Å². The van der Waals surface area contributed by atoms with Crippen molar-refractivity contribution in [3.05, 3.63) is 29.8 Å². The standard InChI is InChI=1S/C17H28N2O2/c1-5-6-9-12-18-17(20)19-14(4)21-16-11-8-7-10-15(16)13(2)3/h7-8,10-11,13-14H,5-6,9,12H2,1-4H3,(H2,18,19,20). The predicted octanol–water partition coefficient (Wildman–Crippen LogP) is 4.02. The Hall–Kier alpha value is -1.71. The number of unbranched alkanes of at least 4 members (excludes halogenated alkanes) is 2. The van der Waals surface area contributed by atoms with Crippen LogP contribution in [0.15, 0.2) is 24.3 Å². The summed E-state index contributed by atoms with van der Waals surface area (Å²) in [5.74, 6) is 1.21. The first-order chi connectivity index (χ1) is 10.0. The van der Waals surface area contributed by atoms with E-state index in [-0.39, 0.29) is 12.3 Å². The van der Waals surface area contributed by atoms with Gasteiger partial charge in [-0.05, 0) is 30.9 Å². The molecule has 0 heterocycles. The van der Waals surface area contributed by atoms with Crippen LogP contribution in [-0.2, 0) is 0 Å². The molecule has 4 nitrogen and oxygen atoms in total. The highest BCUT2D eigenvalue weighted by Gasteiger charge is 2.12. The van der Waals surface area contributed by atoms with Crippen molar-refractivity contribution < 1.29 is 9.53 Å². The van der Waals surface area contributed by atoms with Crippen molar-refractivity contribution in [3.63, 3.8) is 0 Å². The van der Waals surface area contributed by atoms with Gasteiger partial charge < -0.3 is 15.4 Å². The number of carbonyl (C=O) groups excluding carboxylic acids is 1. The van der Waals surface area contributed by atoms with Crippen LogP contribution in [0.25, 0.3) is 0 Å². The molecule has 0 radical (unpaired) electrons. The van der Waals surface area contributed by atoms with Crippen LogP contribution < -0.4 is 15.4 Å². The third kappa shape index (κ3) is 6.52. The fourth-order valence-corrected chi connectivity index (χ4v) is 2.10. The molecule has 1 aromatic rings. The molecule has 0 aliphatic heterocycles. The molecule has 0 bridgehead atoms. The van der Waals surface area contributed by atoms with Gasteiger partial charge in [0.2, 0.25) is 0 Å². The van der Waals surface area contributed by atoms with Crippen LogP contribution in [0, 0.1) is 0 Å². The molecule has 21 heavy (non-hydrogen) atoms. The number of para-hydroxylation sites is 1. The summed E-state index contributed by atoms with van der Waals surface area (Å²) < 4.78 is 5.83. The van der Waals surface area contributed by atoms with Crippen molar-refractivity contribution in [1.29, 1.82) is 0 Å². The summed E-state index contributed by atoms with van der Waals surface area (Å²) in [6.45, 7) is 8.93. The predicted molar refractivity (Wildman–Crippen MR) is 86.7 cm³/mol. The highest BCUT2D eigenvalue weighted by atomic mass is 16.5. The molecule has 4 heteroatoms. The third-order valence-corrected chi connectivity index (χ3v) is 3.25. The number of ether oxygens (including phenoxy) is 1. The Bertz CT molecular complexity index is 433. The second kappa shape index (κ2) is 9.27. The molecule has 0 fully saturated rings. The van der Waals surface area contributed by atoms with E-state index in [0.29, 0.717) is 12.5 Å². The van der Waals surface area contributed by atoms with E-state index in [1.165, 1.54) is 0 Å². The van der Waals surface area contributed by atoms with Gasteiger partial charge in [0.05, 0.1) is 0 Å². The number of urea groups is 1. The van der Waals surface area contributed by atoms with E-state index in [9.17, 15) is 4.79 Å². The van der Waals surface area contributed by atoms with Gasteiger partial charge in [0.1, 0.15) is 5.75 Å². The zero-order valence-electron chi connectivity index (χ0n) is 13.6. The summed E-state index contributed by atoms with van der Waals surface area (Å²) >= 11 is 0. The molecule has 0 aliphatic carbocycles. The maximum Gasteiger partial charge on any atom is 0.317 e. The van der Waals surface area contributed by atoms with E-state index in [4.69, 9.17) is 4.74 Å². The summed E-state index contributed by atoms with van der Waals surface area (Å²) in [7, 11) is 0. The van der Waals surface area contributed by atoms with E-state index in [2.05, 4.69) is 37.5 Å². The van der Waals surface area contributed by atoms with Crippen molar-refractivity contribution in [3.8, 4) is 5.75 Å². The van der Waals surface area contributed by atoms with Gasteiger partial charge in [0.25, 0.3) is 0 Å². The topological polar surface area (TPSA) is 50.4 Å². The lowest BCUT2D eigenvalue weighted by molar-refractivity contribution is 0.175. The number of hydrogen-bond acceptors (Lipinski definition) is 2. The van der Waals surface area contributed by atoms with Gasteiger partial charge in [-0.15, -0.1) is 0 Å². The molecule has 2 N–H and O–H groups in total. The minimum absolute atomic E-state index is 0.180. The van der Waals surface area contributed by atoms with E-state index < -0.39 is 0 Å². The summed E-state index contributed by atoms with van der Waals surface area (Å²) in [4.78, 5) is 11.7. The van der Waals surface area contributed by atoms with Crippen molar-refractivity contribution in [1.82, 2.24) is 10.6 Å². The molecule has 0 aromatic heterocycles. The van der Waals surface area contributed by atoms with E-state index in [1.54, 1.807) is 0 Å². The number of rotatable bonds is 8. The Balaban J connectivity index is 2.43. The average molecular weight is 292 g/mol. The minimum atomic E-state index is -0.365. The first-order valence-corrected chi connectivity index (χ1v) is 7.84. The first-order valence-electron chi connectivity index (χ1n) is 7.84. The van der Waals surface area contributed by atoms with Crippen LogP contribution in [0.5, 0.6) is 5.75 Å². The lowest BCUT2D eigenvalue weighted by atomic mass is 10.0. The Morgan fingerprint density at radius 3 is 2.57 bits per heavy atom. The van der Waals surface area contributed by atoms with Gasteiger partial charge in [-0.2, -0.15) is 0 Å². The molecule has 2 amide bonds. The summed E-state index contributed by atoms with van der Waals surface area (Å²) in [6, 6.07) is 7.75. The van der Waals surface area contributed by atoms with E-state index in [0.717, 1.165) is 30.6 Å². The second-order valence-electron chi connectivity index (χ2n) is 5.56. The lowest BCUT2D eigenvalue weighted by Crippen LogP contribution is -2.43. The molecule has 0 aliphatic rings. The summed E-state index contributed by atoms with van der Waals surface area (Å²) in [6.07, 6.45) is 2.93. The molecular weight excluding hydrogens is 264 g/mol. The maximum absolute atomic E-state index is 11.7. The minimum Gasteiger partial charge on any atom is -0.471 e. The third-order valence-electron chi connectivity index (χ3n) is 3.25. The van der Waals surface area contributed by atoms with Crippen molar-refractivity contribution >= 4 is 6.03 Å². The van der Waals surface area contributed by atoms with Crippen LogP contribution in [0.3, 0.4) is 0 Å². The maximum atomic E-state index is 11.7. The van der Waals surface area contributed by atoms with Crippen LogP contribution in [0.2, 0.25) is 0 Å². The smallest absolute Gasteiger partial charge is 0.317 e. The highest BCUT2D eigenvalue weighted by molar-refractivity contribution is 5.73. The SMILES string of the molecule is CCCCCNC(=O)NC(C)Oc1ccccc1C(C)C. The van der Waals surface area contributed by atoms with E-state index in [1.807, 2.05) is 25.1 Å². The summed E-state index contributed by atoms with van der Waals surface area (Å²) in [5, 5.41) is 5.64. The zero-order valence-corrected chi connectivity index (χ0v) is 13.6. The highest BCUT2D eigenvalue weighted by Crippen LogP contribution is 2.26. The number of hydrogen-bond donors (Lipinski definition) is 2. The van der Waals surface area contributed by atoms with Gasteiger partial charge in [-0.1, -0.05) is 51.8 Å². The normalized spacial score (nSPS) is 12.0. The van der Waals surface area contributed by atoms with Crippen LogP contribution in [0.1, 0.15) is 58.4 Å². The van der Waals surface area contributed by atoms with Crippen LogP contribution in [0.4, 0.5) is 4.79 Å². The van der Waals surface area contributed by atoms with Crippen LogP contribution in [-0.4, -0.2) is 18.8 Å². The molecule has 0 saturated carbocycles. The molecule has 1 atom stereocenters.